The van der Waals surface area contributed by atoms with Crippen LogP contribution in [-0.2, 0) is 9.53 Å². The molecule has 1 unspecified atom stereocenters. The van der Waals surface area contributed by atoms with Gasteiger partial charge in [0.05, 0.1) is 6.61 Å². The Morgan fingerprint density at radius 3 is 2.40 bits per heavy atom. The molecule has 0 aromatic rings. The zero-order chi connectivity index (χ0) is 15.6. The Kier molecular flexibility index (Phi) is 9.86. The number of hydrogen-bond donors (Lipinski definition) is 1. The molecule has 0 aromatic carbocycles. The topological polar surface area (TPSA) is 41.6 Å². The molecule has 0 saturated heterocycles. The molecule has 4 heteroatoms. The smallest absolute Gasteiger partial charge is 0.326 e. The Balaban J connectivity index is 4.46. The second-order valence-corrected chi connectivity index (χ2v) is 5.81. The quantitative estimate of drug-likeness (QED) is 0.593. The third-order valence-corrected chi connectivity index (χ3v) is 3.75. The first-order chi connectivity index (χ1) is 9.41. The summed E-state index contributed by atoms with van der Waals surface area (Å²) in [4.78, 5) is 14.6. The highest BCUT2D eigenvalue weighted by Crippen LogP contribution is 2.16. The van der Waals surface area contributed by atoms with Crippen molar-refractivity contribution in [2.75, 3.05) is 26.2 Å². The second kappa shape index (κ2) is 10.2. The average Bonchev–Trinajstić information content (AvgIpc) is 2.41. The summed E-state index contributed by atoms with van der Waals surface area (Å²) in [6.45, 7) is 15.9. The van der Waals surface area contributed by atoms with Crippen molar-refractivity contribution in [3.63, 3.8) is 0 Å². The molecule has 1 N–H and O–H groups in total. The van der Waals surface area contributed by atoms with Gasteiger partial charge >= 0.3 is 5.97 Å². The SMILES string of the molecule is CCCNC(C)(CCCN(CC)C(C)C)C(=O)OCC. The number of esters is 1. The van der Waals surface area contributed by atoms with E-state index in [9.17, 15) is 4.79 Å². The fourth-order valence-electron chi connectivity index (χ4n) is 2.37. The minimum atomic E-state index is -0.553. The van der Waals surface area contributed by atoms with Crippen molar-refractivity contribution < 1.29 is 9.53 Å². The van der Waals surface area contributed by atoms with Gasteiger partial charge in [-0.25, -0.2) is 0 Å². The largest absolute Gasteiger partial charge is 0.465 e. The molecule has 1 atom stereocenters. The lowest BCUT2D eigenvalue weighted by Crippen LogP contribution is -2.51. The fraction of sp³-hybridized carbons (Fsp3) is 0.938. The molecule has 0 aromatic heterocycles. The maximum atomic E-state index is 12.2. The molecule has 0 aliphatic rings. The number of nitrogens with one attached hydrogen (secondary N) is 1. The van der Waals surface area contributed by atoms with E-state index in [1.54, 1.807) is 0 Å². The first-order valence-corrected chi connectivity index (χ1v) is 8.07. The van der Waals surface area contributed by atoms with Crippen LogP contribution in [0.4, 0.5) is 0 Å². The van der Waals surface area contributed by atoms with Gasteiger partial charge in [0.2, 0.25) is 0 Å². The molecule has 0 amide bonds. The van der Waals surface area contributed by atoms with E-state index < -0.39 is 5.54 Å². The van der Waals surface area contributed by atoms with Crippen molar-refractivity contribution in [1.29, 1.82) is 0 Å². The number of carbonyl (C=O) groups excluding carboxylic acids is 1. The van der Waals surface area contributed by atoms with Gasteiger partial charge in [-0.15, -0.1) is 0 Å². The highest BCUT2D eigenvalue weighted by Gasteiger charge is 2.33. The molecule has 0 aliphatic heterocycles. The van der Waals surface area contributed by atoms with Gasteiger partial charge in [0, 0.05) is 6.04 Å². The molecule has 20 heavy (non-hydrogen) atoms. The molecule has 0 bridgehead atoms. The van der Waals surface area contributed by atoms with Gasteiger partial charge in [0.25, 0.3) is 0 Å². The Morgan fingerprint density at radius 1 is 1.30 bits per heavy atom. The maximum absolute atomic E-state index is 12.2. The summed E-state index contributed by atoms with van der Waals surface area (Å²) in [6.07, 6.45) is 2.83. The van der Waals surface area contributed by atoms with E-state index in [1.165, 1.54) is 0 Å². The van der Waals surface area contributed by atoms with Gasteiger partial charge in [0.15, 0.2) is 0 Å². The average molecular weight is 286 g/mol. The highest BCUT2D eigenvalue weighted by atomic mass is 16.5. The van der Waals surface area contributed by atoms with Gasteiger partial charge < -0.3 is 15.0 Å². The molecule has 0 spiro atoms. The van der Waals surface area contributed by atoms with Crippen molar-refractivity contribution in [3.05, 3.63) is 0 Å². The first-order valence-electron chi connectivity index (χ1n) is 8.07. The van der Waals surface area contributed by atoms with E-state index in [0.717, 1.165) is 38.9 Å². The van der Waals surface area contributed by atoms with Gasteiger partial charge in [-0.1, -0.05) is 13.8 Å². The molecular weight excluding hydrogens is 252 g/mol. The molecule has 0 rings (SSSR count). The van der Waals surface area contributed by atoms with E-state index in [1.807, 2.05) is 13.8 Å². The van der Waals surface area contributed by atoms with Crippen LogP contribution in [0.15, 0.2) is 0 Å². The molecule has 0 saturated carbocycles. The van der Waals surface area contributed by atoms with Crippen LogP contribution in [0, 0.1) is 0 Å². The van der Waals surface area contributed by atoms with Crippen LogP contribution in [0.1, 0.15) is 60.8 Å². The number of rotatable bonds is 11. The standard InChI is InChI=1S/C16H34N2O2/c1-7-12-17-16(6,15(19)20-9-3)11-10-13-18(8-2)14(4)5/h14,17H,7-13H2,1-6H3. The second-order valence-electron chi connectivity index (χ2n) is 5.81. The Morgan fingerprint density at radius 2 is 1.95 bits per heavy atom. The number of ether oxygens (including phenoxy) is 1. The lowest BCUT2D eigenvalue weighted by molar-refractivity contribution is -0.150. The zero-order valence-electron chi connectivity index (χ0n) is 14.3. The normalized spacial score (nSPS) is 14.6. The molecular formula is C16H34N2O2. The number of nitrogens with zero attached hydrogens (tertiary/aromatic N) is 1. The van der Waals surface area contributed by atoms with Gasteiger partial charge in [-0.3, -0.25) is 4.79 Å². The van der Waals surface area contributed by atoms with Gasteiger partial charge in [0.1, 0.15) is 5.54 Å². The molecule has 4 nitrogen and oxygen atoms in total. The lowest BCUT2D eigenvalue weighted by atomic mass is 9.95. The molecule has 0 radical (unpaired) electrons. The monoisotopic (exact) mass is 286 g/mol. The number of carbonyl (C=O) groups is 1. The van der Waals surface area contributed by atoms with Crippen LogP contribution in [0.2, 0.25) is 0 Å². The van der Waals surface area contributed by atoms with Crippen molar-refractivity contribution >= 4 is 5.97 Å². The maximum Gasteiger partial charge on any atom is 0.326 e. The summed E-state index contributed by atoms with van der Waals surface area (Å²) in [5.41, 5.74) is -0.553. The summed E-state index contributed by atoms with van der Waals surface area (Å²) in [5, 5.41) is 3.36. The number of hydrogen-bond acceptors (Lipinski definition) is 4. The predicted octanol–water partition coefficient (Wildman–Crippen LogP) is 2.82. The Bertz CT molecular complexity index is 269. The van der Waals surface area contributed by atoms with Crippen LogP contribution in [0.25, 0.3) is 0 Å². The van der Waals surface area contributed by atoms with Crippen LogP contribution in [0.3, 0.4) is 0 Å². The molecule has 0 heterocycles. The molecule has 0 fully saturated rings. The van der Waals surface area contributed by atoms with Crippen molar-refractivity contribution in [3.8, 4) is 0 Å². The summed E-state index contributed by atoms with van der Waals surface area (Å²) >= 11 is 0. The Hall–Kier alpha value is -0.610. The Labute approximate surface area is 125 Å². The van der Waals surface area contributed by atoms with E-state index in [0.29, 0.717) is 12.6 Å². The van der Waals surface area contributed by atoms with Crippen molar-refractivity contribution in [2.45, 2.75) is 72.4 Å². The van der Waals surface area contributed by atoms with E-state index in [-0.39, 0.29) is 5.97 Å². The fourth-order valence-corrected chi connectivity index (χ4v) is 2.37. The zero-order valence-corrected chi connectivity index (χ0v) is 14.3. The summed E-state index contributed by atoms with van der Waals surface area (Å²) in [5.74, 6) is -0.124. The van der Waals surface area contributed by atoms with E-state index in [2.05, 4.69) is 37.9 Å². The van der Waals surface area contributed by atoms with Crippen molar-refractivity contribution in [1.82, 2.24) is 10.2 Å². The summed E-state index contributed by atoms with van der Waals surface area (Å²) < 4.78 is 5.22. The van der Waals surface area contributed by atoms with Crippen LogP contribution in [-0.4, -0.2) is 48.7 Å². The predicted molar refractivity (Wildman–Crippen MR) is 84.9 cm³/mol. The summed E-state index contributed by atoms with van der Waals surface area (Å²) in [7, 11) is 0. The third kappa shape index (κ3) is 6.71. The minimum absolute atomic E-state index is 0.124. The van der Waals surface area contributed by atoms with Crippen LogP contribution >= 0.6 is 0 Å². The highest BCUT2D eigenvalue weighted by molar-refractivity contribution is 5.80. The van der Waals surface area contributed by atoms with Crippen molar-refractivity contribution in [2.24, 2.45) is 0 Å². The minimum Gasteiger partial charge on any atom is -0.465 e. The van der Waals surface area contributed by atoms with Gasteiger partial charge in [-0.2, -0.15) is 0 Å². The van der Waals surface area contributed by atoms with E-state index in [4.69, 9.17) is 4.74 Å². The summed E-state index contributed by atoms with van der Waals surface area (Å²) in [6, 6.07) is 0.553. The molecule has 0 aliphatic carbocycles. The van der Waals surface area contributed by atoms with Crippen LogP contribution in [0.5, 0.6) is 0 Å². The van der Waals surface area contributed by atoms with Crippen LogP contribution < -0.4 is 5.32 Å². The van der Waals surface area contributed by atoms with Gasteiger partial charge in [-0.05, 0) is 66.6 Å². The molecule has 120 valence electrons. The third-order valence-electron chi connectivity index (χ3n) is 3.75. The lowest BCUT2D eigenvalue weighted by Gasteiger charge is -2.30. The van der Waals surface area contributed by atoms with E-state index >= 15 is 0 Å². The first kappa shape index (κ1) is 19.4.